The highest BCUT2D eigenvalue weighted by Gasteiger charge is 2.43. The molecule has 0 nitrogen and oxygen atoms in total. The molecule has 0 spiro atoms. The minimum Gasteiger partial charge on any atom is -0.138 e. The van der Waals surface area contributed by atoms with E-state index in [-0.39, 0.29) is 0 Å². The van der Waals surface area contributed by atoms with Crippen LogP contribution in [0, 0.1) is 0 Å². The maximum absolute atomic E-state index is 5.74. The number of thiol groups is 1. The lowest BCUT2D eigenvalue weighted by atomic mass is 10.2. The van der Waals surface area contributed by atoms with Crippen molar-refractivity contribution in [3.8, 4) is 0 Å². The summed E-state index contributed by atoms with van der Waals surface area (Å²) < 4.78 is -2.56. The Kier molecular flexibility index (Phi) is 4.55. The van der Waals surface area contributed by atoms with Crippen LogP contribution < -0.4 is 0 Å². The number of alkyl halides is 4. The molecule has 10 heavy (non-hydrogen) atoms. The molecule has 0 rings (SSSR count). The fourth-order valence-corrected chi connectivity index (χ4v) is 1.14. The predicted molar refractivity (Wildman–Crippen MR) is 52.8 cm³/mol. The van der Waals surface area contributed by atoms with Crippen molar-refractivity contribution in [2.45, 2.75) is 27.8 Å². The predicted octanol–water partition coefficient (Wildman–Crippen LogP) is 4.02. The Morgan fingerprint density at radius 1 is 1.20 bits per heavy atom. The number of rotatable bonds is 3. The van der Waals surface area contributed by atoms with Crippen LogP contribution in [0.2, 0.25) is 0 Å². The molecule has 0 aromatic rings. The fourth-order valence-electron chi connectivity index (χ4n) is 0.464. The third-order valence-electron chi connectivity index (χ3n) is 1.00. The van der Waals surface area contributed by atoms with Gasteiger partial charge in [0, 0.05) is 0 Å². The van der Waals surface area contributed by atoms with E-state index in [9.17, 15) is 0 Å². The van der Waals surface area contributed by atoms with E-state index in [1.165, 1.54) is 0 Å². The summed E-state index contributed by atoms with van der Waals surface area (Å²) in [6.07, 6.45) is 1.33. The summed E-state index contributed by atoms with van der Waals surface area (Å²) >= 11 is 26.5. The molecular weight excluding hydrogens is 234 g/mol. The topological polar surface area (TPSA) is 0 Å². The number of hydrogen-bond donors (Lipinski definition) is 1. The Hall–Kier alpha value is 1.51. The second-order valence-electron chi connectivity index (χ2n) is 2.00. The van der Waals surface area contributed by atoms with Crippen molar-refractivity contribution < 1.29 is 0 Å². The molecule has 0 heterocycles. The summed E-state index contributed by atoms with van der Waals surface area (Å²) in [7, 11) is 0. The van der Waals surface area contributed by atoms with Crippen LogP contribution in [0.15, 0.2) is 0 Å². The van der Waals surface area contributed by atoms with Crippen molar-refractivity contribution in [3.63, 3.8) is 0 Å². The van der Waals surface area contributed by atoms with Crippen molar-refractivity contribution >= 4 is 59.0 Å². The molecule has 5 heteroatoms. The molecular formula is C5H8Cl4S. The van der Waals surface area contributed by atoms with Crippen LogP contribution in [-0.2, 0) is 0 Å². The van der Waals surface area contributed by atoms with Crippen LogP contribution in [0.25, 0.3) is 0 Å². The standard InChI is InChI=1S/C5H8Cl4S/c1-2-3-4(6,7)5(8,9)10/h10H,2-3H2,1H3. The van der Waals surface area contributed by atoms with E-state index in [0.717, 1.165) is 6.42 Å². The van der Waals surface area contributed by atoms with Gasteiger partial charge in [0.25, 0.3) is 0 Å². The highest BCUT2D eigenvalue weighted by atomic mass is 35.5. The van der Waals surface area contributed by atoms with E-state index >= 15 is 0 Å². The Bertz CT molecular complexity index is 107. The van der Waals surface area contributed by atoms with Crippen molar-refractivity contribution in [1.29, 1.82) is 0 Å². The Morgan fingerprint density at radius 3 is 1.70 bits per heavy atom. The molecule has 0 saturated heterocycles. The zero-order valence-electron chi connectivity index (χ0n) is 5.37. The number of halogens is 4. The van der Waals surface area contributed by atoms with E-state index in [1.54, 1.807) is 0 Å². The van der Waals surface area contributed by atoms with Gasteiger partial charge < -0.3 is 0 Å². The normalized spacial score (nSPS) is 13.8. The van der Waals surface area contributed by atoms with Crippen molar-refractivity contribution in [2.75, 3.05) is 0 Å². The minimum atomic E-state index is -1.38. The summed E-state index contributed by atoms with van der Waals surface area (Å²) in [5.41, 5.74) is 0. The van der Waals surface area contributed by atoms with Crippen LogP contribution in [0.4, 0.5) is 0 Å². The maximum atomic E-state index is 5.74. The second-order valence-corrected chi connectivity index (χ2v) is 6.00. The van der Waals surface area contributed by atoms with E-state index in [4.69, 9.17) is 46.4 Å². The second kappa shape index (κ2) is 3.95. The first-order chi connectivity index (χ1) is 4.31. The quantitative estimate of drug-likeness (QED) is 0.560. The van der Waals surface area contributed by atoms with Gasteiger partial charge in [-0.05, 0) is 6.42 Å². The summed E-state index contributed by atoms with van der Waals surface area (Å²) in [6.45, 7) is 1.94. The van der Waals surface area contributed by atoms with Crippen LogP contribution in [0.5, 0.6) is 0 Å². The lowest BCUT2D eigenvalue weighted by Crippen LogP contribution is -2.30. The largest absolute Gasteiger partial charge is 0.193 e. The fraction of sp³-hybridized carbons (Fsp3) is 1.00. The molecule has 0 amide bonds. The summed E-state index contributed by atoms with van der Waals surface area (Å²) in [5.74, 6) is 0. The van der Waals surface area contributed by atoms with Gasteiger partial charge >= 0.3 is 0 Å². The summed E-state index contributed by atoms with van der Waals surface area (Å²) in [4.78, 5) is 0. The van der Waals surface area contributed by atoms with Gasteiger partial charge in [0.2, 0.25) is 0 Å². The molecule has 0 aliphatic rings. The monoisotopic (exact) mass is 240 g/mol. The Balaban J connectivity index is 4.10. The Labute approximate surface area is 86.6 Å². The van der Waals surface area contributed by atoms with Gasteiger partial charge in [-0.15, -0.1) is 12.6 Å². The Morgan fingerprint density at radius 2 is 1.60 bits per heavy atom. The van der Waals surface area contributed by atoms with Gasteiger partial charge in [0.1, 0.15) is 0 Å². The third kappa shape index (κ3) is 3.27. The van der Waals surface area contributed by atoms with Gasteiger partial charge in [-0.2, -0.15) is 0 Å². The van der Waals surface area contributed by atoms with Gasteiger partial charge in [-0.25, -0.2) is 0 Å². The highest BCUT2D eigenvalue weighted by Crippen LogP contribution is 2.48. The van der Waals surface area contributed by atoms with E-state index in [0.29, 0.717) is 6.42 Å². The molecule has 0 unspecified atom stereocenters. The van der Waals surface area contributed by atoms with E-state index in [2.05, 4.69) is 12.6 Å². The van der Waals surface area contributed by atoms with Gasteiger partial charge in [-0.3, -0.25) is 0 Å². The van der Waals surface area contributed by atoms with Crippen molar-refractivity contribution in [1.82, 2.24) is 0 Å². The summed E-state index contributed by atoms with van der Waals surface area (Å²) in [6, 6.07) is 0. The minimum absolute atomic E-state index is 0.520. The van der Waals surface area contributed by atoms with Gasteiger partial charge in [-0.1, -0.05) is 59.7 Å². The van der Waals surface area contributed by atoms with Crippen LogP contribution >= 0.6 is 59.0 Å². The third-order valence-corrected chi connectivity index (χ3v) is 3.63. The first-order valence-corrected chi connectivity index (χ1v) is 4.75. The maximum Gasteiger partial charge on any atom is 0.193 e. The molecule has 0 fully saturated rings. The van der Waals surface area contributed by atoms with E-state index in [1.807, 2.05) is 6.92 Å². The van der Waals surface area contributed by atoms with Crippen LogP contribution in [0.1, 0.15) is 19.8 Å². The molecule has 0 bridgehead atoms. The van der Waals surface area contributed by atoms with Crippen molar-refractivity contribution in [3.05, 3.63) is 0 Å². The molecule has 62 valence electrons. The smallest absolute Gasteiger partial charge is 0.138 e. The first kappa shape index (κ1) is 11.5. The lowest BCUT2D eigenvalue weighted by molar-refractivity contribution is 0.694. The van der Waals surface area contributed by atoms with Crippen LogP contribution in [-0.4, -0.2) is 8.00 Å². The molecule has 0 atom stereocenters. The lowest BCUT2D eigenvalue weighted by Gasteiger charge is -2.27. The summed E-state index contributed by atoms with van der Waals surface area (Å²) in [5, 5.41) is 0. The molecule has 0 saturated carbocycles. The molecule has 0 radical (unpaired) electrons. The van der Waals surface area contributed by atoms with Crippen LogP contribution in [0.3, 0.4) is 0 Å². The zero-order chi connectivity index (χ0) is 8.41. The van der Waals surface area contributed by atoms with Crippen molar-refractivity contribution in [2.24, 2.45) is 0 Å². The number of hydrogen-bond acceptors (Lipinski definition) is 1. The average molecular weight is 242 g/mol. The zero-order valence-corrected chi connectivity index (χ0v) is 9.29. The molecule has 0 aromatic carbocycles. The molecule has 0 N–H and O–H groups in total. The average Bonchev–Trinajstić information content (AvgIpc) is 1.61. The van der Waals surface area contributed by atoms with E-state index < -0.39 is 8.00 Å². The SMILES string of the molecule is CCCC(Cl)(Cl)C(S)(Cl)Cl. The highest BCUT2D eigenvalue weighted by molar-refractivity contribution is 7.85. The molecule has 0 aromatic heterocycles. The molecule has 0 aliphatic carbocycles. The first-order valence-electron chi connectivity index (χ1n) is 2.79. The van der Waals surface area contributed by atoms with Gasteiger partial charge in [0.15, 0.2) is 8.00 Å². The molecule has 0 aliphatic heterocycles. The van der Waals surface area contributed by atoms with Gasteiger partial charge in [0.05, 0.1) is 0 Å².